The Morgan fingerprint density at radius 3 is 2.74 bits per heavy atom. The number of hydrogen-bond acceptors (Lipinski definition) is 6. The fourth-order valence-corrected chi connectivity index (χ4v) is 2.83. The van der Waals surface area contributed by atoms with Gasteiger partial charge in [0, 0.05) is 0 Å². The van der Waals surface area contributed by atoms with Crippen LogP contribution in [-0.2, 0) is 16.6 Å². The van der Waals surface area contributed by atoms with E-state index in [1.807, 2.05) is 0 Å². The number of nitrogens with one attached hydrogen (secondary N) is 1. The lowest BCUT2D eigenvalue weighted by Crippen LogP contribution is -2.17. The number of anilines is 1. The SMILES string of the molecule is Cc1c(CO)cccc1S(=O)(=O)Nc1nccnn1. The van der Waals surface area contributed by atoms with Crippen molar-refractivity contribution in [3.8, 4) is 0 Å². The standard InChI is InChI=1S/C11H12N4O3S/c1-8-9(7-16)3-2-4-10(8)19(17,18)15-11-12-5-6-13-14-11/h2-6,16H,7H2,1H3,(H,12,14,15). The lowest BCUT2D eigenvalue weighted by molar-refractivity contribution is 0.280. The average molecular weight is 280 g/mol. The Morgan fingerprint density at radius 2 is 2.11 bits per heavy atom. The largest absolute Gasteiger partial charge is 0.392 e. The third-order valence-corrected chi connectivity index (χ3v) is 4.04. The highest BCUT2D eigenvalue weighted by Gasteiger charge is 2.19. The van der Waals surface area contributed by atoms with Gasteiger partial charge in [-0.1, -0.05) is 12.1 Å². The van der Waals surface area contributed by atoms with Gasteiger partial charge in [-0.15, -0.1) is 5.10 Å². The molecule has 0 unspecified atom stereocenters. The van der Waals surface area contributed by atoms with Crippen LogP contribution in [0.1, 0.15) is 11.1 Å². The number of benzene rings is 1. The Labute approximate surface area is 110 Å². The van der Waals surface area contributed by atoms with Gasteiger partial charge < -0.3 is 5.11 Å². The molecule has 0 spiro atoms. The van der Waals surface area contributed by atoms with Gasteiger partial charge in [0.25, 0.3) is 16.0 Å². The van der Waals surface area contributed by atoms with Crippen LogP contribution in [0.15, 0.2) is 35.5 Å². The zero-order valence-corrected chi connectivity index (χ0v) is 10.9. The van der Waals surface area contributed by atoms with Crippen LogP contribution in [0.2, 0.25) is 0 Å². The maximum atomic E-state index is 12.2. The van der Waals surface area contributed by atoms with Crippen LogP contribution >= 0.6 is 0 Å². The van der Waals surface area contributed by atoms with Crippen molar-refractivity contribution >= 4 is 16.0 Å². The fraction of sp³-hybridized carbons (Fsp3) is 0.182. The first-order valence-electron chi connectivity index (χ1n) is 5.40. The van der Waals surface area contributed by atoms with Crippen LogP contribution in [-0.4, -0.2) is 28.7 Å². The van der Waals surface area contributed by atoms with E-state index in [-0.39, 0.29) is 17.5 Å². The Bertz CT molecular complexity index is 674. The Morgan fingerprint density at radius 1 is 1.32 bits per heavy atom. The average Bonchev–Trinajstić information content (AvgIpc) is 2.39. The number of aromatic nitrogens is 3. The summed E-state index contributed by atoms with van der Waals surface area (Å²) in [7, 11) is -3.80. The Kier molecular flexibility index (Phi) is 3.72. The molecule has 1 aromatic heterocycles. The lowest BCUT2D eigenvalue weighted by Gasteiger charge is -2.10. The first-order valence-corrected chi connectivity index (χ1v) is 6.89. The quantitative estimate of drug-likeness (QED) is 0.843. The second kappa shape index (κ2) is 5.29. The predicted octanol–water partition coefficient (Wildman–Crippen LogP) is 0.473. The minimum absolute atomic E-state index is 0.0755. The molecule has 2 N–H and O–H groups in total. The summed E-state index contributed by atoms with van der Waals surface area (Å²) in [6, 6.07) is 4.68. The summed E-state index contributed by atoms with van der Waals surface area (Å²) in [6.45, 7) is 1.41. The van der Waals surface area contributed by atoms with Crippen LogP contribution in [0.4, 0.5) is 5.95 Å². The van der Waals surface area contributed by atoms with Gasteiger partial charge in [-0.25, -0.2) is 18.1 Å². The molecule has 1 heterocycles. The molecule has 0 atom stereocenters. The van der Waals surface area contributed by atoms with E-state index in [1.54, 1.807) is 19.1 Å². The molecule has 100 valence electrons. The molecule has 0 aliphatic carbocycles. The second-order valence-corrected chi connectivity index (χ2v) is 5.42. The molecule has 0 aliphatic heterocycles. The molecule has 2 rings (SSSR count). The molecule has 2 aromatic rings. The van der Waals surface area contributed by atoms with Crippen LogP contribution in [0.3, 0.4) is 0 Å². The van der Waals surface area contributed by atoms with Gasteiger partial charge in [-0.2, -0.15) is 5.10 Å². The van der Waals surface area contributed by atoms with E-state index in [1.165, 1.54) is 18.5 Å². The molecule has 0 saturated carbocycles. The molecule has 19 heavy (non-hydrogen) atoms. The molecule has 0 aliphatic rings. The first kappa shape index (κ1) is 13.4. The van der Waals surface area contributed by atoms with Crippen LogP contribution < -0.4 is 4.72 Å². The summed E-state index contributed by atoms with van der Waals surface area (Å²) in [5, 5.41) is 16.2. The summed E-state index contributed by atoms with van der Waals surface area (Å²) in [6.07, 6.45) is 2.68. The smallest absolute Gasteiger partial charge is 0.264 e. The summed E-state index contributed by atoms with van der Waals surface area (Å²) < 4.78 is 26.6. The topological polar surface area (TPSA) is 105 Å². The van der Waals surface area contributed by atoms with Crippen molar-refractivity contribution < 1.29 is 13.5 Å². The molecule has 0 bridgehead atoms. The monoisotopic (exact) mass is 280 g/mol. The van der Waals surface area contributed by atoms with E-state index in [2.05, 4.69) is 19.9 Å². The van der Waals surface area contributed by atoms with Crippen molar-refractivity contribution in [2.24, 2.45) is 0 Å². The normalized spacial score (nSPS) is 11.3. The number of hydrogen-bond donors (Lipinski definition) is 2. The van der Waals surface area contributed by atoms with Crippen molar-refractivity contribution in [1.29, 1.82) is 0 Å². The van der Waals surface area contributed by atoms with Crippen molar-refractivity contribution in [2.75, 3.05) is 4.72 Å². The number of aliphatic hydroxyl groups excluding tert-OH is 1. The molecular formula is C11H12N4O3S. The van der Waals surface area contributed by atoms with E-state index in [0.29, 0.717) is 11.1 Å². The summed E-state index contributed by atoms with van der Waals surface area (Å²) in [5.41, 5.74) is 1.04. The third kappa shape index (κ3) is 2.85. The number of aliphatic hydroxyl groups is 1. The van der Waals surface area contributed by atoms with Crippen molar-refractivity contribution in [3.63, 3.8) is 0 Å². The molecule has 1 aromatic carbocycles. The number of rotatable bonds is 4. The van der Waals surface area contributed by atoms with Crippen LogP contribution in [0, 0.1) is 6.92 Å². The molecule has 7 nitrogen and oxygen atoms in total. The lowest BCUT2D eigenvalue weighted by atomic mass is 10.1. The zero-order valence-electron chi connectivity index (χ0n) is 10.1. The molecule has 0 fully saturated rings. The van der Waals surface area contributed by atoms with Gasteiger partial charge in [0.2, 0.25) is 0 Å². The van der Waals surface area contributed by atoms with E-state index >= 15 is 0 Å². The summed E-state index contributed by atoms with van der Waals surface area (Å²) in [4.78, 5) is 3.82. The zero-order chi connectivity index (χ0) is 13.9. The van der Waals surface area contributed by atoms with Gasteiger partial charge in [0.15, 0.2) is 0 Å². The van der Waals surface area contributed by atoms with Gasteiger partial charge in [0.05, 0.1) is 23.9 Å². The maximum absolute atomic E-state index is 12.2. The molecule has 0 amide bonds. The predicted molar refractivity (Wildman–Crippen MR) is 67.7 cm³/mol. The highest BCUT2D eigenvalue weighted by Crippen LogP contribution is 2.20. The Balaban J connectivity index is 2.40. The van der Waals surface area contributed by atoms with Gasteiger partial charge in [0.1, 0.15) is 0 Å². The summed E-state index contributed by atoms with van der Waals surface area (Å²) in [5.74, 6) is -0.101. The summed E-state index contributed by atoms with van der Waals surface area (Å²) >= 11 is 0. The van der Waals surface area contributed by atoms with Crippen molar-refractivity contribution in [3.05, 3.63) is 41.7 Å². The van der Waals surface area contributed by atoms with E-state index in [0.717, 1.165) is 0 Å². The minimum Gasteiger partial charge on any atom is -0.392 e. The van der Waals surface area contributed by atoms with E-state index in [9.17, 15) is 8.42 Å². The number of nitrogens with zero attached hydrogens (tertiary/aromatic N) is 3. The second-order valence-electron chi connectivity index (χ2n) is 3.77. The Hall–Kier alpha value is -2.06. The molecule has 8 heteroatoms. The molecule has 0 radical (unpaired) electrons. The van der Waals surface area contributed by atoms with Gasteiger partial charge in [-0.05, 0) is 24.1 Å². The molecular weight excluding hydrogens is 268 g/mol. The van der Waals surface area contributed by atoms with Crippen molar-refractivity contribution in [1.82, 2.24) is 15.2 Å². The third-order valence-electron chi connectivity index (χ3n) is 2.56. The minimum atomic E-state index is -3.80. The maximum Gasteiger partial charge on any atom is 0.264 e. The number of sulfonamides is 1. The fourth-order valence-electron chi connectivity index (χ4n) is 1.59. The van der Waals surface area contributed by atoms with Crippen LogP contribution in [0.25, 0.3) is 0 Å². The first-order chi connectivity index (χ1) is 9.04. The van der Waals surface area contributed by atoms with Gasteiger partial charge in [-0.3, -0.25) is 0 Å². The van der Waals surface area contributed by atoms with E-state index < -0.39 is 10.0 Å². The van der Waals surface area contributed by atoms with Gasteiger partial charge >= 0.3 is 0 Å². The highest BCUT2D eigenvalue weighted by molar-refractivity contribution is 7.92. The van der Waals surface area contributed by atoms with Crippen molar-refractivity contribution in [2.45, 2.75) is 18.4 Å². The van der Waals surface area contributed by atoms with Crippen LogP contribution in [0.5, 0.6) is 0 Å². The highest BCUT2D eigenvalue weighted by atomic mass is 32.2. The van der Waals surface area contributed by atoms with E-state index in [4.69, 9.17) is 5.11 Å². The molecule has 0 saturated heterocycles.